The molecule has 0 unspecified atom stereocenters. The highest BCUT2D eigenvalue weighted by molar-refractivity contribution is 5.99. The monoisotopic (exact) mass is 376 g/mol. The van der Waals surface area contributed by atoms with Gasteiger partial charge in [-0.05, 0) is 42.8 Å². The summed E-state index contributed by atoms with van der Waals surface area (Å²) in [5.74, 6) is -3.66. The third-order valence-corrected chi connectivity index (χ3v) is 3.43. The van der Waals surface area contributed by atoms with Gasteiger partial charge in [0.25, 0.3) is 5.91 Å². The van der Waals surface area contributed by atoms with Crippen LogP contribution in [0, 0.1) is 11.6 Å². The largest absolute Gasteiger partial charge is 0.462 e. The normalized spacial score (nSPS) is 10.2. The highest BCUT2D eigenvalue weighted by atomic mass is 19.1. The summed E-state index contributed by atoms with van der Waals surface area (Å²) in [7, 11) is 0. The summed E-state index contributed by atoms with van der Waals surface area (Å²) in [6.45, 7) is 1.80. The Morgan fingerprint density at radius 3 is 2.37 bits per heavy atom. The van der Waals surface area contributed by atoms with E-state index >= 15 is 0 Å². The molecular weight excluding hydrogens is 358 g/mol. The van der Waals surface area contributed by atoms with Crippen LogP contribution in [0.4, 0.5) is 14.5 Å². The summed E-state index contributed by atoms with van der Waals surface area (Å²) in [6.07, 6.45) is 0.716. The second kappa shape index (κ2) is 9.42. The summed E-state index contributed by atoms with van der Waals surface area (Å²) >= 11 is 0. The number of nitrogens with one attached hydrogen (secondary N) is 2. The topological polar surface area (TPSA) is 84.5 Å². The molecule has 2 amide bonds. The van der Waals surface area contributed by atoms with Crippen LogP contribution in [-0.4, -0.2) is 30.9 Å². The number of ether oxygens (including phenoxy) is 1. The second-order valence-corrected chi connectivity index (χ2v) is 5.57. The Morgan fingerprint density at radius 2 is 1.74 bits per heavy atom. The van der Waals surface area contributed by atoms with Crippen LogP contribution >= 0.6 is 0 Å². The number of carbonyl (C=O) groups is 3. The maximum Gasteiger partial charge on any atom is 0.338 e. The van der Waals surface area contributed by atoms with Crippen molar-refractivity contribution < 1.29 is 27.9 Å². The zero-order valence-corrected chi connectivity index (χ0v) is 14.6. The number of hydrogen-bond donors (Lipinski definition) is 2. The molecule has 0 bridgehead atoms. The molecule has 27 heavy (non-hydrogen) atoms. The zero-order chi connectivity index (χ0) is 19.8. The number of esters is 1. The van der Waals surface area contributed by atoms with Gasteiger partial charge in [-0.15, -0.1) is 0 Å². The van der Waals surface area contributed by atoms with E-state index < -0.39 is 36.0 Å². The molecule has 8 heteroatoms. The molecule has 0 atom stereocenters. The molecule has 0 aliphatic heterocycles. The molecule has 2 aromatic carbocycles. The fourth-order valence-electron chi connectivity index (χ4n) is 2.10. The fraction of sp³-hybridized carbons (Fsp3) is 0.211. The fourth-order valence-corrected chi connectivity index (χ4v) is 2.10. The molecule has 142 valence electrons. The van der Waals surface area contributed by atoms with E-state index in [1.54, 1.807) is 0 Å². The number of hydrogen-bond acceptors (Lipinski definition) is 4. The average molecular weight is 376 g/mol. The van der Waals surface area contributed by atoms with Gasteiger partial charge < -0.3 is 15.4 Å². The SMILES string of the molecule is CCCOC(=O)c1ccc(NC(=O)CNC(=O)c2ccc(F)cc2F)cc1. The van der Waals surface area contributed by atoms with Crippen LogP contribution in [0.15, 0.2) is 42.5 Å². The second-order valence-electron chi connectivity index (χ2n) is 5.57. The van der Waals surface area contributed by atoms with Crippen molar-refractivity contribution in [2.75, 3.05) is 18.5 Å². The summed E-state index contributed by atoms with van der Waals surface area (Å²) in [5.41, 5.74) is 0.398. The van der Waals surface area contributed by atoms with Gasteiger partial charge in [-0.3, -0.25) is 9.59 Å². The third kappa shape index (κ3) is 5.88. The molecule has 0 aromatic heterocycles. The predicted octanol–water partition coefficient (Wildman–Crippen LogP) is 2.90. The van der Waals surface area contributed by atoms with Crippen LogP contribution in [0.2, 0.25) is 0 Å². The molecular formula is C19H18F2N2O4. The summed E-state index contributed by atoms with van der Waals surface area (Å²) in [4.78, 5) is 35.4. The van der Waals surface area contributed by atoms with E-state index in [0.717, 1.165) is 12.1 Å². The van der Waals surface area contributed by atoms with Crippen molar-refractivity contribution in [1.29, 1.82) is 0 Å². The van der Waals surface area contributed by atoms with Gasteiger partial charge in [0.2, 0.25) is 5.91 Å². The third-order valence-electron chi connectivity index (χ3n) is 3.43. The van der Waals surface area contributed by atoms with E-state index in [-0.39, 0.29) is 5.56 Å². The molecule has 0 radical (unpaired) electrons. The quantitative estimate of drug-likeness (QED) is 0.728. The molecule has 0 aliphatic rings. The lowest BCUT2D eigenvalue weighted by molar-refractivity contribution is -0.115. The molecule has 2 aromatic rings. The summed E-state index contributed by atoms with van der Waals surface area (Å²) in [5, 5.41) is 4.77. The Hall–Kier alpha value is -3.29. The highest BCUT2D eigenvalue weighted by Crippen LogP contribution is 2.11. The Kier molecular flexibility index (Phi) is 6.99. The van der Waals surface area contributed by atoms with Crippen molar-refractivity contribution in [3.8, 4) is 0 Å². The molecule has 0 spiro atoms. The van der Waals surface area contributed by atoms with E-state index in [4.69, 9.17) is 4.74 Å². The number of amides is 2. The van der Waals surface area contributed by atoms with Crippen molar-refractivity contribution in [2.24, 2.45) is 0 Å². The lowest BCUT2D eigenvalue weighted by Gasteiger charge is -2.08. The number of anilines is 1. The Labute approximate surface area is 154 Å². The first-order valence-corrected chi connectivity index (χ1v) is 8.21. The van der Waals surface area contributed by atoms with Crippen molar-refractivity contribution in [3.05, 3.63) is 65.2 Å². The van der Waals surface area contributed by atoms with E-state index in [1.807, 2.05) is 6.92 Å². The minimum Gasteiger partial charge on any atom is -0.462 e. The number of rotatable bonds is 7. The number of benzene rings is 2. The Balaban J connectivity index is 1.86. The van der Waals surface area contributed by atoms with Crippen molar-refractivity contribution in [1.82, 2.24) is 5.32 Å². The summed E-state index contributed by atoms with van der Waals surface area (Å²) in [6, 6.07) is 8.56. The Bertz CT molecular complexity index is 838. The maximum absolute atomic E-state index is 13.5. The maximum atomic E-state index is 13.5. The van der Waals surface area contributed by atoms with Crippen LogP contribution < -0.4 is 10.6 Å². The van der Waals surface area contributed by atoms with E-state index in [1.165, 1.54) is 24.3 Å². The standard InChI is InChI=1S/C19H18F2N2O4/c1-2-9-27-19(26)12-3-6-14(7-4-12)23-17(24)11-22-18(25)15-8-5-13(20)10-16(15)21/h3-8,10H,2,9,11H2,1H3,(H,22,25)(H,23,24). The molecule has 2 N–H and O–H groups in total. The van der Waals surface area contributed by atoms with Gasteiger partial charge in [0, 0.05) is 11.8 Å². The van der Waals surface area contributed by atoms with Crippen LogP contribution in [-0.2, 0) is 9.53 Å². The molecule has 0 saturated heterocycles. The molecule has 6 nitrogen and oxygen atoms in total. The number of halogens is 2. The first-order valence-electron chi connectivity index (χ1n) is 8.21. The van der Waals surface area contributed by atoms with E-state index in [2.05, 4.69) is 10.6 Å². The van der Waals surface area contributed by atoms with E-state index in [9.17, 15) is 23.2 Å². The van der Waals surface area contributed by atoms with Crippen LogP contribution in [0.25, 0.3) is 0 Å². The first-order chi connectivity index (χ1) is 12.9. The van der Waals surface area contributed by atoms with Gasteiger partial charge in [-0.2, -0.15) is 0 Å². The van der Waals surface area contributed by atoms with Crippen molar-refractivity contribution in [2.45, 2.75) is 13.3 Å². The minimum atomic E-state index is -1.02. The van der Waals surface area contributed by atoms with E-state index in [0.29, 0.717) is 30.3 Å². The molecule has 0 saturated carbocycles. The van der Waals surface area contributed by atoms with Gasteiger partial charge in [0.15, 0.2) is 0 Å². The average Bonchev–Trinajstić information content (AvgIpc) is 2.64. The van der Waals surface area contributed by atoms with Crippen LogP contribution in [0.1, 0.15) is 34.1 Å². The van der Waals surface area contributed by atoms with Gasteiger partial charge >= 0.3 is 5.97 Å². The zero-order valence-electron chi connectivity index (χ0n) is 14.6. The Morgan fingerprint density at radius 1 is 1.04 bits per heavy atom. The molecule has 2 rings (SSSR count). The lowest BCUT2D eigenvalue weighted by atomic mass is 10.2. The van der Waals surface area contributed by atoms with Gasteiger partial charge in [0.05, 0.1) is 24.3 Å². The smallest absolute Gasteiger partial charge is 0.338 e. The predicted molar refractivity (Wildman–Crippen MR) is 94.3 cm³/mol. The van der Waals surface area contributed by atoms with Crippen LogP contribution in [0.3, 0.4) is 0 Å². The van der Waals surface area contributed by atoms with Crippen LogP contribution in [0.5, 0.6) is 0 Å². The first kappa shape index (κ1) is 20.0. The van der Waals surface area contributed by atoms with Gasteiger partial charge in [0.1, 0.15) is 11.6 Å². The van der Waals surface area contributed by atoms with Gasteiger partial charge in [-0.25, -0.2) is 13.6 Å². The van der Waals surface area contributed by atoms with Crippen molar-refractivity contribution in [3.63, 3.8) is 0 Å². The molecule has 0 fully saturated rings. The van der Waals surface area contributed by atoms with Gasteiger partial charge in [-0.1, -0.05) is 6.92 Å². The lowest BCUT2D eigenvalue weighted by Crippen LogP contribution is -2.33. The minimum absolute atomic E-state index is 0.325. The highest BCUT2D eigenvalue weighted by Gasteiger charge is 2.14. The molecule has 0 heterocycles. The number of carbonyl (C=O) groups excluding carboxylic acids is 3. The summed E-state index contributed by atoms with van der Waals surface area (Å²) < 4.78 is 31.3. The molecule has 0 aliphatic carbocycles. The van der Waals surface area contributed by atoms with Crippen molar-refractivity contribution >= 4 is 23.5 Å².